The van der Waals surface area contributed by atoms with Crippen LogP contribution in [0.1, 0.15) is 5.56 Å². The summed E-state index contributed by atoms with van der Waals surface area (Å²) < 4.78 is 0. The molecule has 0 atom stereocenters. The van der Waals surface area contributed by atoms with Crippen molar-refractivity contribution in [3.8, 4) is 0 Å². The lowest BCUT2D eigenvalue weighted by atomic mass is 10.1. The van der Waals surface area contributed by atoms with Gasteiger partial charge in [-0.25, -0.2) is 0 Å². The lowest BCUT2D eigenvalue weighted by Gasteiger charge is -2.23. The highest BCUT2D eigenvalue weighted by Crippen LogP contribution is 2.33. The van der Waals surface area contributed by atoms with Crippen molar-refractivity contribution in [2.24, 2.45) is 0 Å². The first-order valence-electron chi connectivity index (χ1n) is 11.1. The molecule has 0 saturated carbocycles. The highest BCUT2D eigenvalue weighted by atomic mass is 32.2. The van der Waals surface area contributed by atoms with E-state index in [-0.39, 0.29) is 0 Å². The molecule has 1 aromatic heterocycles. The Balaban J connectivity index is 1.35. The number of anilines is 2. The van der Waals surface area contributed by atoms with Gasteiger partial charge in [0.05, 0.1) is 12.1 Å². The second-order valence-electron chi connectivity index (χ2n) is 7.96. The Morgan fingerprint density at radius 2 is 1.65 bits per heavy atom. The highest BCUT2D eigenvalue weighted by Gasteiger charge is 2.10. The predicted octanol–water partition coefficient (Wildman–Crippen LogP) is 7.74. The zero-order valence-corrected chi connectivity index (χ0v) is 20.5. The van der Waals surface area contributed by atoms with E-state index >= 15 is 0 Å². The number of fused-ring (bicyclic) bond motifs is 2. The van der Waals surface area contributed by atoms with Gasteiger partial charge in [0.1, 0.15) is 6.29 Å². The third-order valence-electron chi connectivity index (χ3n) is 5.85. The van der Waals surface area contributed by atoms with Crippen LogP contribution in [-0.4, -0.2) is 24.1 Å². The molecule has 34 heavy (non-hydrogen) atoms. The molecule has 0 bridgehead atoms. The van der Waals surface area contributed by atoms with E-state index in [1.165, 1.54) is 26.1 Å². The Bertz CT molecular complexity index is 1450. The predicted molar refractivity (Wildman–Crippen MR) is 147 cm³/mol. The first kappa shape index (κ1) is 22.5. The maximum absolute atomic E-state index is 11.4. The molecule has 5 rings (SSSR count). The average Bonchev–Trinajstić information content (AvgIpc) is 2.90. The largest absolute Gasteiger partial charge is 0.334 e. The zero-order valence-electron chi connectivity index (χ0n) is 18.8. The standard InChI is InChI=1S/C29H24N2OS2/c1-33-26-12-13-27-28(19-26)30-15-14-29(27)34-20-21-6-9-24(10-7-21)31(16-17-32)25-11-8-22-4-2-3-5-23(22)18-25/h2-15,17-19H,16,20H2,1H3. The van der Waals surface area contributed by atoms with Crippen molar-refractivity contribution in [1.82, 2.24) is 4.98 Å². The summed E-state index contributed by atoms with van der Waals surface area (Å²) in [4.78, 5) is 20.5. The summed E-state index contributed by atoms with van der Waals surface area (Å²) in [6.07, 6.45) is 4.92. The number of hydrogen-bond acceptors (Lipinski definition) is 5. The van der Waals surface area contributed by atoms with Gasteiger partial charge >= 0.3 is 0 Å². The van der Waals surface area contributed by atoms with Crippen molar-refractivity contribution in [1.29, 1.82) is 0 Å². The summed E-state index contributed by atoms with van der Waals surface area (Å²) in [5.41, 5.74) is 4.30. The van der Waals surface area contributed by atoms with Gasteiger partial charge in [-0.1, -0.05) is 48.5 Å². The SMILES string of the molecule is CSc1ccc2c(SCc3ccc(N(CC=O)c4ccc5ccccc5c4)cc3)ccnc2c1. The minimum Gasteiger partial charge on any atom is -0.334 e. The second kappa shape index (κ2) is 10.3. The van der Waals surface area contributed by atoms with Crippen LogP contribution in [0, 0.1) is 0 Å². The third-order valence-corrected chi connectivity index (χ3v) is 7.72. The van der Waals surface area contributed by atoms with Crippen LogP contribution in [0.2, 0.25) is 0 Å². The van der Waals surface area contributed by atoms with E-state index in [4.69, 9.17) is 0 Å². The summed E-state index contributed by atoms with van der Waals surface area (Å²) in [5, 5.41) is 3.55. The quantitative estimate of drug-likeness (QED) is 0.168. The van der Waals surface area contributed by atoms with Gasteiger partial charge in [0.15, 0.2) is 0 Å². The molecule has 0 aliphatic carbocycles. The van der Waals surface area contributed by atoms with Crippen LogP contribution < -0.4 is 4.90 Å². The monoisotopic (exact) mass is 480 g/mol. The molecule has 5 heteroatoms. The maximum atomic E-state index is 11.4. The molecule has 1 heterocycles. The van der Waals surface area contributed by atoms with E-state index < -0.39 is 0 Å². The van der Waals surface area contributed by atoms with Gasteiger partial charge in [-0.15, -0.1) is 23.5 Å². The number of carbonyl (C=O) groups excluding carboxylic acids is 1. The topological polar surface area (TPSA) is 33.2 Å². The van der Waals surface area contributed by atoms with E-state index in [1.54, 1.807) is 11.8 Å². The lowest BCUT2D eigenvalue weighted by Crippen LogP contribution is -2.19. The molecule has 0 amide bonds. The Kier molecular flexibility index (Phi) is 6.84. The van der Waals surface area contributed by atoms with Gasteiger partial charge < -0.3 is 9.69 Å². The fourth-order valence-corrected chi connectivity index (χ4v) is 5.50. The van der Waals surface area contributed by atoms with E-state index in [0.29, 0.717) is 6.54 Å². The van der Waals surface area contributed by atoms with E-state index in [0.717, 1.165) is 34.3 Å². The molecule has 5 aromatic rings. The number of aldehydes is 1. The van der Waals surface area contributed by atoms with Crippen molar-refractivity contribution < 1.29 is 4.79 Å². The molecule has 3 nitrogen and oxygen atoms in total. The number of thioether (sulfide) groups is 2. The Hall–Kier alpha value is -3.28. The molecule has 4 aromatic carbocycles. The molecule has 0 spiro atoms. The number of rotatable bonds is 8. The van der Waals surface area contributed by atoms with Crippen molar-refractivity contribution in [2.75, 3.05) is 17.7 Å². The number of nitrogens with zero attached hydrogens (tertiary/aromatic N) is 2. The summed E-state index contributed by atoms with van der Waals surface area (Å²) in [6, 6.07) is 31.7. The Labute approximate surface area is 208 Å². The molecule has 0 fully saturated rings. The molecular formula is C29H24N2OS2. The van der Waals surface area contributed by atoms with Crippen molar-refractivity contribution >= 4 is 62.9 Å². The average molecular weight is 481 g/mol. The molecule has 0 aliphatic rings. The zero-order chi connectivity index (χ0) is 23.3. The lowest BCUT2D eigenvalue weighted by molar-refractivity contribution is -0.106. The second-order valence-corrected chi connectivity index (χ2v) is 9.85. The Morgan fingerprint density at radius 3 is 2.44 bits per heavy atom. The molecule has 0 saturated heterocycles. The van der Waals surface area contributed by atoms with E-state index in [2.05, 4.69) is 95.0 Å². The van der Waals surface area contributed by atoms with Crippen LogP contribution in [0.3, 0.4) is 0 Å². The first-order chi connectivity index (χ1) is 16.7. The number of aromatic nitrogens is 1. The van der Waals surface area contributed by atoms with Gasteiger partial charge in [-0.05, 0) is 65.1 Å². The third kappa shape index (κ3) is 4.81. The van der Waals surface area contributed by atoms with Crippen LogP contribution >= 0.6 is 23.5 Å². The number of pyridine rings is 1. The van der Waals surface area contributed by atoms with Crippen LogP contribution in [-0.2, 0) is 10.5 Å². The Morgan fingerprint density at radius 1 is 0.853 bits per heavy atom. The minimum absolute atomic E-state index is 0.313. The molecule has 0 N–H and O–H groups in total. The summed E-state index contributed by atoms with van der Waals surface area (Å²) in [6.45, 7) is 0.313. The molecule has 168 valence electrons. The summed E-state index contributed by atoms with van der Waals surface area (Å²) in [7, 11) is 0. The van der Waals surface area contributed by atoms with Crippen LogP contribution in [0.5, 0.6) is 0 Å². The van der Waals surface area contributed by atoms with Gasteiger partial charge in [0, 0.05) is 38.5 Å². The molecule has 0 radical (unpaired) electrons. The van der Waals surface area contributed by atoms with Gasteiger partial charge in [-0.3, -0.25) is 4.98 Å². The summed E-state index contributed by atoms with van der Waals surface area (Å²) >= 11 is 3.56. The van der Waals surface area contributed by atoms with Gasteiger partial charge in [-0.2, -0.15) is 0 Å². The van der Waals surface area contributed by atoms with Crippen LogP contribution in [0.4, 0.5) is 11.4 Å². The number of hydrogen-bond donors (Lipinski definition) is 0. The fourth-order valence-electron chi connectivity index (χ4n) is 4.07. The van der Waals surface area contributed by atoms with Gasteiger partial charge in [0.2, 0.25) is 0 Å². The van der Waals surface area contributed by atoms with Crippen LogP contribution in [0.25, 0.3) is 21.7 Å². The highest BCUT2D eigenvalue weighted by molar-refractivity contribution is 7.99. The maximum Gasteiger partial charge on any atom is 0.139 e. The first-order valence-corrected chi connectivity index (χ1v) is 13.3. The molecular weight excluding hydrogens is 456 g/mol. The molecule has 0 aliphatic heterocycles. The normalized spacial score (nSPS) is 11.1. The van der Waals surface area contributed by atoms with Crippen LogP contribution in [0.15, 0.2) is 107 Å². The fraction of sp³-hybridized carbons (Fsp3) is 0.103. The van der Waals surface area contributed by atoms with Crippen molar-refractivity contribution in [3.05, 3.63) is 103 Å². The number of benzene rings is 4. The smallest absolute Gasteiger partial charge is 0.139 e. The summed E-state index contributed by atoms with van der Waals surface area (Å²) in [5.74, 6) is 0.868. The van der Waals surface area contributed by atoms with E-state index in [9.17, 15) is 4.79 Å². The minimum atomic E-state index is 0.313. The van der Waals surface area contributed by atoms with Gasteiger partial charge in [0.25, 0.3) is 0 Å². The van der Waals surface area contributed by atoms with Crippen molar-refractivity contribution in [2.45, 2.75) is 15.5 Å². The van der Waals surface area contributed by atoms with E-state index in [1.807, 2.05) is 30.1 Å². The number of carbonyl (C=O) groups is 1. The van der Waals surface area contributed by atoms with Crippen molar-refractivity contribution in [3.63, 3.8) is 0 Å². The molecule has 0 unspecified atom stereocenters.